The number of fused-ring (bicyclic) bond motifs is 1. The molecule has 1 saturated carbocycles. The molecule has 0 saturated heterocycles. The predicted molar refractivity (Wildman–Crippen MR) is 133 cm³/mol. The summed E-state index contributed by atoms with van der Waals surface area (Å²) in [5, 5.41) is 10.9. The van der Waals surface area contributed by atoms with Crippen LogP contribution in [-0.4, -0.2) is 42.6 Å². The molecule has 1 aliphatic carbocycles. The van der Waals surface area contributed by atoms with Crippen molar-refractivity contribution in [3.05, 3.63) is 68.5 Å². The van der Waals surface area contributed by atoms with Crippen molar-refractivity contribution in [2.75, 3.05) is 12.0 Å². The second kappa shape index (κ2) is 9.76. The maximum atomic E-state index is 13.4. The molecule has 1 amide bonds. The number of rotatable bonds is 7. The maximum Gasteiger partial charge on any atom is 0.432 e. The Morgan fingerprint density at radius 3 is 2.68 bits per heavy atom. The molecule has 1 fully saturated rings. The van der Waals surface area contributed by atoms with Gasteiger partial charge in [-0.2, -0.15) is 0 Å². The lowest BCUT2D eigenvalue weighted by atomic mass is 10.1. The van der Waals surface area contributed by atoms with Crippen LogP contribution in [0.15, 0.2) is 41.5 Å². The number of imidazole rings is 2. The normalized spacial score (nSPS) is 13.7. The minimum Gasteiger partial charge on any atom is -0.497 e. The Labute approximate surface area is 210 Å². The number of carbonyl (C=O) groups excluding carboxylic acids is 1. The van der Waals surface area contributed by atoms with Gasteiger partial charge < -0.3 is 24.6 Å². The van der Waals surface area contributed by atoms with Gasteiger partial charge in [-0.1, -0.05) is 17.8 Å². The first-order chi connectivity index (χ1) is 17.9. The molecule has 0 aliphatic heterocycles. The highest BCUT2D eigenvalue weighted by atomic mass is 16.6. The molecule has 4 aromatic rings. The zero-order chi connectivity index (χ0) is 26.1. The van der Waals surface area contributed by atoms with Gasteiger partial charge in [0.1, 0.15) is 23.5 Å². The summed E-state index contributed by atoms with van der Waals surface area (Å²) in [4.78, 5) is 51.2. The van der Waals surface area contributed by atoms with Gasteiger partial charge in [0.15, 0.2) is 6.61 Å². The van der Waals surface area contributed by atoms with Gasteiger partial charge in [-0.15, -0.1) is 0 Å². The van der Waals surface area contributed by atoms with Crippen molar-refractivity contribution in [2.24, 2.45) is 0 Å². The number of carbonyl (C=O) groups is 1. The number of benzene rings is 1. The number of aromatic amines is 2. The molecule has 2 N–H and O–H groups in total. The molecule has 3 aromatic heterocycles. The highest BCUT2D eigenvalue weighted by Gasteiger charge is 2.27. The number of amides is 1. The minimum absolute atomic E-state index is 0.0794. The van der Waals surface area contributed by atoms with Gasteiger partial charge in [-0.3, -0.25) is 4.57 Å². The summed E-state index contributed by atoms with van der Waals surface area (Å²) in [5.41, 5.74) is 2.49. The summed E-state index contributed by atoms with van der Waals surface area (Å²) in [6, 6.07) is 6.97. The minimum atomic E-state index is -0.761. The number of methoxy groups -OCH3 is 1. The van der Waals surface area contributed by atoms with Crippen molar-refractivity contribution in [1.29, 1.82) is 0 Å². The fourth-order valence-corrected chi connectivity index (χ4v) is 4.70. The average Bonchev–Trinajstić information content (AvgIpc) is 3.63. The number of hydrogen-bond acceptors (Lipinski definition) is 8. The van der Waals surface area contributed by atoms with Crippen LogP contribution in [0.25, 0.3) is 11.0 Å². The highest BCUT2D eigenvalue weighted by Crippen LogP contribution is 2.34. The Hall–Kier alpha value is -4.68. The van der Waals surface area contributed by atoms with Crippen LogP contribution in [0.4, 0.5) is 22.2 Å². The lowest BCUT2D eigenvalue weighted by molar-refractivity contribution is -0.393. The SMILES string of the molecule is COc1ccc(N(C(=O)OCc2cnc([N+](=O)[O-])[nH]2)c2cc3c(cn2)[nH]c(=O)n3C2CCCC2)c(C)c1. The van der Waals surface area contributed by atoms with Crippen LogP contribution in [0, 0.1) is 17.0 Å². The van der Waals surface area contributed by atoms with E-state index in [0.717, 1.165) is 31.2 Å². The predicted octanol–water partition coefficient (Wildman–Crippen LogP) is 4.26. The van der Waals surface area contributed by atoms with Crippen molar-refractivity contribution in [2.45, 2.75) is 45.3 Å². The van der Waals surface area contributed by atoms with Crippen LogP contribution < -0.4 is 15.3 Å². The molecule has 13 heteroatoms. The number of aromatic nitrogens is 5. The van der Waals surface area contributed by atoms with Crippen molar-refractivity contribution < 1.29 is 19.2 Å². The number of nitrogens with one attached hydrogen (secondary N) is 2. The zero-order valence-electron chi connectivity index (χ0n) is 20.3. The number of pyridine rings is 1. The fraction of sp³-hybridized carbons (Fsp3) is 0.333. The molecule has 37 heavy (non-hydrogen) atoms. The van der Waals surface area contributed by atoms with Crippen molar-refractivity contribution in [3.8, 4) is 5.75 Å². The number of anilines is 2. The number of ether oxygens (including phenoxy) is 2. The van der Waals surface area contributed by atoms with Gasteiger partial charge in [0, 0.05) is 12.1 Å². The monoisotopic (exact) mass is 507 g/mol. The Morgan fingerprint density at radius 1 is 1.22 bits per heavy atom. The lowest BCUT2D eigenvalue weighted by Gasteiger charge is -2.23. The van der Waals surface area contributed by atoms with Gasteiger partial charge in [0.25, 0.3) is 0 Å². The topological polar surface area (TPSA) is 161 Å². The summed E-state index contributed by atoms with van der Waals surface area (Å²) in [7, 11) is 1.55. The van der Waals surface area contributed by atoms with E-state index < -0.39 is 17.0 Å². The summed E-state index contributed by atoms with van der Waals surface area (Å²) in [6.07, 6.45) is 5.92. The van der Waals surface area contributed by atoms with Crippen molar-refractivity contribution in [1.82, 2.24) is 24.5 Å². The molecular weight excluding hydrogens is 482 g/mol. The van der Waals surface area contributed by atoms with Crippen molar-refractivity contribution >= 4 is 34.6 Å². The van der Waals surface area contributed by atoms with Crippen LogP contribution in [0.5, 0.6) is 5.75 Å². The molecule has 0 unspecified atom stereocenters. The van der Waals surface area contributed by atoms with Crippen LogP contribution >= 0.6 is 0 Å². The van der Waals surface area contributed by atoms with E-state index in [9.17, 15) is 19.7 Å². The summed E-state index contributed by atoms with van der Waals surface area (Å²) >= 11 is 0. The number of H-pyrrole nitrogens is 2. The first kappa shape index (κ1) is 24.0. The Balaban J connectivity index is 1.54. The van der Waals surface area contributed by atoms with E-state index in [1.54, 1.807) is 35.9 Å². The summed E-state index contributed by atoms with van der Waals surface area (Å²) < 4.78 is 12.5. The highest BCUT2D eigenvalue weighted by molar-refractivity contribution is 5.97. The maximum absolute atomic E-state index is 13.4. The van der Waals surface area contributed by atoms with Crippen LogP contribution in [0.1, 0.15) is 43.0 Å². The van der Waals surface area contributed by atoms with E-state index in [0.29, 0.717) is 22.5 Å². The molecule has 13 nitrogen and oxygen atoms in total. The smallest absolute Gasteiger partial charge is 0.432 e. The molecule has 0 spiro atoms. The molecule has 0 bridgehead atoms. The molecule has 0 atom stereocenters. The number of nitrogens with zero attached hydrogens (tertiary/aromatic N) is 5. The second-order valence-corrected chi connectivity index (χ2v) is 8.83. The Kier molecular flexibility index (Phi) is 6.34. The van der Waals surface area contributed by atoms with Crippen molar-refractivity contribution in [3.63, 3.8) is 0 Å². The second-order valence-electron chi connectivity index (χ2n) is 8.83. The van der Waals surface area contributed by atoms with Crippen LogP contribution in [0.2, 0.25) is 0 Å². The molecule has 5 rings (SSSR count). The van der Waals surface area contributed by atoms with E-state index in [4.69, 9.17) is 9.47 Å². The van der Waals surface area contributed by atoms with Gasteiger partial charge in [0.05, 0.1) is 30.0 Å². The van der Waals surface area contributed by atoms with Gasteiger partial charge >= 0.3 is 17.7 Å². The van der Waals surface area contributed by atoms with E-state index in [-0.39, 0.29) is 29.9 Å². The van der Waals surface area contributed by atoms with Crippen LogP contribution in [-0.2, 0) is 11.3 Å². The first-order valence-electron chi connectivity index (χ1n) is 11.8. The average molecular weight is 508 g/mol. The number of aryl methyl sites for hydroxylation is 1. The molecule has 0 radical (unpaired) electrons. The summed E-state index contributed by atoms with van der Waals surface area (Å²) in [6.45, 7) is 1.55. The van der Waals surface area contributed by atoms with E-state index in [2.05, 4.69) is 19.9 Å². The van der Waals surface area contributed by atoms with Crippen LogP contribution in [0.3, 0.4) is 0 Å². The quantitative estimate of drug-likeness (QED) is 0.277. The summed E-state index contributed by atoms with van der Waals surface area (Å²) in [5.74, 6) is 0.425. The molecule has 3 heterocycles. The molecule has 1 aromatic carbocycles. The third-order valence-electron chi connectivity index (χ3n) is 6.47. The molecule has 1 aliphatic rings. The third-order valence-corrected chi connectivity index (χ3v) is 6.47. The molecule has 192 valence electrons. The zero-order valence-corrected chi connectivity index (χ0v) is 20.3. The Bertz CT molecular complexity index is 1530. The van der Waals surface area contributed by atoms with E-state index in [1.807, 2.05) is 6.92 Å². The van der Waals surface area contributed by atoms with Gasteiger partial charge in [0.2, 0.25) is 0 Å². The largest absolute Gasteiger partial charge is 0.497 e. The lowest BCUT2D eigenvalue weighted by Crippen LogP contribution is -2.28. The number of nitro groups is 1. The number of hydrogen-bond donors (Lipinski definition) is 2. The first-order valence-corrected chi connectivity index (χ1v) is 11.8. The van der Waals surface area contributed by atoms with Gasteiger partial charge in [-0.25, -0.2) is 24.5 Å². The third kappa shape index (κ3) is 4.62. The Morgan fingerprint density at radius 2 is 2.00 bits per heavy atom. The molecular formula is C24H25N7O6. The van der Waals surface area contributed by atoms with Gasteiger partial charge in [-0.05, 0) is 48.5 Å². The fourth-order valence-electron chi connectivity index (χ4n) is 4.70. The van der Waals surface area contributed by atoms with E-state index >= 15 is 0 Å². The standard InChI is InChI=1S/C24H25N7O6/c1-14-9-17(36-2)7-8-19(14)30(24(33)37-13-15-11-26-22(27-15)31(34)35)21-10-20-18(12-25-21)28-23(32)29(20)16-5-3-4-6-16/h7-12,16H,3-6,13H2,1-2H3,(H,26,27)(H,28,32). The van der Waals surface area contributed by atoms with E-state index in [1.165, 1.54) is 17.3 Å².